The highest BCUT2D eigenvalue weighted by molar-refractivity contribution is 6.72. The van der Waals surface area contributed by atoms with Gasteiger partial charge < -0.3 is 23.8 Å². The summed E-state index contributed by atoms with van der Waals surface area (Å²) in [4.78, 5) is 58.9. The van der Waals surface area contributed by atoms with E-state index >= 15 is 8.90 Å². The Morgan fingerprint density at radius 1 is 0.964 bits per heavy atom. The average molecular weight is 763 g/mol. The lowest BCUT2D eigenvalue weighted by Crippen LogP contribution is -2.48. The first-order chi connectivity index (χ1) is 26.3. The molecule has 4 aliphatic heterocycles. The number of aliphatic hydroxyl groups is 1. The van der Waals surface area contributed by atoms with Gasteiger partial charge in [-0.1, -0.05) is 61.5 Å². The van der Waals surface area contributed by atoms with Crippen LogP contribution < -0.4 is 9.80 Å². The molecule has 13 heteroatoms. The lowest BCUT2D eigenvalue weighted by atomic mass is 9.82. The maximum Gasteiger partial charge on any atom is 0.269 e. The summed E-state index contributed by atoms with van der Waals surface area (Å²) >= 11 is 0. The number of aliphatic hydroxyl groups excluding tert-OH is 1. The molecule has 8 rings (SSSR count). The van der Waals surface area contributed by atoms with Crippen molar-refractivity contribution in [1.82, 2.24) is 4.90 Å². The molecule has 4 heterocycles. The molecule has 55 heavy (non-hydrogen) atoms. The monoisotopic (exact) mass is 762 g/mol. The Bertz CT molecular complexity index is 2230. The van der Waals surface area contributed by atoms with Crippen LogP contribution >= 0.6 is 0 Å². The van der Waals surface area contributed by atoms with E-state index in [4.69, 9.17) is 4.74 Å². The Morgan fingerprint density at radius 3 is 2.42 bits per heavy atom. The van der Waals surface area contributed by atoms with Gasteiger partial charge in [-0.05, 0) is 72.5 Å². The fourth-order valence-corrected chi connectivity index (χ4v) is 12.0. The first-order valence-electron chi connectivity index (χ1n) is 18.8. The van der Waals surface area contributed by atoms with Crippen molar-refractivity contribution in [3.8, 4) is 0 Å². The molecule has 284 valence electrons. The van der Waals surface area contributed by atoms with Crippen LogP contribution in [0.2, 0.25) is 18.6 Å². The number of nitrogens with zero attached hydrogens (tertiary/aromatic N) is 4. The second-order valence-electron chi connectivity index (χ2n) is 15.7. The van der Waals surface area contributed by atoms with Gasteiger partial charge in [-0.2, -0.15) is 0 Å². The van der Waals surface area contributed by atoms with Gasteiger partial charge in [0, 0.05) is 47.8 Å². The fourth-order valence-electron chi connectivity index (χ4n) is 9.53. The molecule has 0 aliphatic carbocycles. The lowest BCUT2D eigenvalue weighted by molar-refractivity contribution is -0.385. The number of nitro benzene ring substituents is 1. The number of rotatable bonds is 8. The third-order valence-electron chi connectivity index (χ3n) is 12.0. The summed E-state index contributed by atoms with van der Waals surface area (Å²) in [6.07, 6.45) is 0.259. The number of hydrogen-bond acceptors (Lipinski definition) is 7. The van der Waals surface area contributed by atoms with Crippen LogP contribution in [0.3, 0.4) is 0 Å². The standard InChI is InChI=1S/C42H43FN4O7Si/c1-26-40(55(2,3)43)37(22-39(50)44-24-30-12-5-4-11-29(30)20-33(44)25-48)54-42(26)34-21-32(47(52)53)16-17-36(34)45(41(42)51)23-27-9-8-13-31(19-27)46-35-14-7-6-10-28(35)15-18-38(46)49/h4-14,16-17,19,21,26,33,37,40,48H,15,18,20,22-25H2,1-3H3/t26-,33-,37+,40-,42+/m0/s1. The number of nitro groups is 1. The number of carbonyl (C=O) groups excluding carboxylic acids is 3. The lowest BCUT2D eigenvalue weighted by Gasteiger charge is -2.37. The number of halogens is 1. The third kappa shape index (κ3) is 6.14. The fraction of sp³-hybridized carbons (Fsp3) is 0.357. The number of anilines is 3. The Hall–Kier alpha value is -5.24. The van der Waals surface area contributed by atoms with E-state index in [0.717, 1.165) is 22.4 Å². The SMILES string of the molecule is C[C@H]1[C@H]([Si](C)(C)F)[C@@H](CC(=O)N2Cc3ccccc3C[C@H]2CO)O[C@]12C(=O)N(Cc1cccc(N3C(=O)CCc4ccccc43)c1)c1ccc([N+](=O)[O-])cc12. The Morgan fingerprint density at radius 2 is 1.69 bits per heavy atom. The third-order valence-corrected chi connectivity index (χ3v) is 14.5. The van der Waals surface area contributed by atoms with Crippen LogP contribution in [0.15, 0.2) is 91.0 Å². The molecule has 5 atom stereocenters. The molecule has 4 aromatic carbocycles. The van der Waals surface area contributed by atoms with Gasteiger partial charge in [0.2, 0.25) is 20.2 Å². The zero-order valence-electron chi connectivity index (χ0n) is 31.0. The quantitative estimate of drug-likeness (QED) is 0.0898. The minimum Gasteiger partial charge on any atom is -0.394 e. The number of ether oxygens (including phenoxy) is 1. The van der Waals surface area contributed by atoms with Crippen molar-refractivity contribution in [2.24, 2.45) is 5.92 Å². The van der Waals surface area contributed by atoms with Crippen LogP contribution in [0.1, 0.15) is 47.6 Å². The van der Waals surface area contributed by atoms with Gasteiger partial charge in [0.25, 0.3) is 11.6 Å². The molecule has 4 aliphatic rings. The summed E-state index contributed by atoms with van der Waals surface area (Å²) in [5, 5.41) is 22.4. The van der Waals surface area contributed by atoms with Gasteiger partial charge in [-0.15, -0.1) is 0 Å². The average Bonchev–Trinajstić information content (AvgIpc) is 3.59. The van der Waals surface area contributed by atoms with Crippen LogP contribution in [0, 0.1) is 16.0 Å². The molecular weight excluding hydrogens is 720 g/mol. The van der Waals surface area contributed by atoms with E-state index < -0.39 is 48.4 Å². The molecule has 0 aromatic heterocycles. The van der Waals surface area contributed by atoms with Crippen molar-refractivity contribution in [2.45, 2.75) is 82.1 Å². The predicted octanol–water partition coefficient (Wildman–Crippen LogP) is 6.86. The smallest absolute Gasteiger partial charge is 0.269 e. The van der Waals surface area contributed by atoms with Crippen LogP contribution in [-0.2, 0) is 50.7 Å². The van der Waals surface area contributed by atoms with Gasteiger partial charge in [-0.3, -0.25) is 29.4 Å². The Labute approximate surface area is 319 Å². The highest BCUT2D eigenvalue weighted by Gasteiger charge is 2.67. The van der Waals surface area contributed by atoms with Gasteiger partial charge in [0.05, 0.1) is 48.0 Å². The molecule has 0 saturated carbocycles. The zero-order valence-corrected chi connectivity index (χ0v) is 32.0. The number of aryl methyl sites for hydroxylation is 1. The number of carbonyl (C=O) groups is 3. The molecule has 11 nitrogen and oxygen atoms in total. The van der Waals surface area contributed by atoms with E-state index in [0.29, 0.717) is 36.2 Å². The molecule has 1 fully saturated rings. The molecule has 0 unspecified atom stereocenters. The van der Waals surface area contributed by atoms with Crippen molar-refractivity contribution in [3.63, 3.8) is 0 Å². The molecule has 1 N–H and O–H groups in total. The summed E-state index contributed by atoms with van der Waals surface area (Å²) in [7, 11) is -3.68. The Kier molecular flexibility index (Phi) is 9.22. The second-order valence-corrected chi connectivity index (χ2v) is 19.5. The topological polar surface area (TPSA) is 134 Å². The van der Waals surface area contributed by atoms with Crippen LogP contribution in [-0.4, -0.2) is 59.8 Å². The van der Waals surface area contributed by atoms with E-state index in [1.54, 1.807) is 29.8 Å². The summed E-state index contributed by atoms with van der Waals surface area (Å²) in [6.45, 7) is 4.92. The summed E-state index contributed by atoms with van der Waals surface area (Å²) in [5.74, 6) is -1.63. The van der Waals surface area contributed by atoms with Gasteiger partial charge in [0.15, 0.2) is 5.60 Å². The first-order valence-corrected chi connectivity index (χ1v) is 21.7. The van der Waals surface area contributed by atoms with Crippen molar-refractivity contribution >= 4 is 48.9 Å². The molecule has 0 radical (unpaired) electrons. The van der Waals surface area contributed by atoms with Crippen molar-refractivity contribution in [1.29, 1.82) is 0 Å². The van der Waals surface area contributed by atoms with Crippen molar-refractivity contribution in [2.75, 3.05) is 16.4 Å². The molecule has 4 aromatic rings. The molecule has 3 amide bonds. The minimum absolute atomic E-state index is 0.0402. The van der Waals surface area contributed by atoms with Crippen LogP contribution in [0.25, 0.3) is 0 Å². The predicted molar refractivity (Wildman–Crippen MR) is 207 cm³/mol. The van der Waals surface area contributed by atoms with Crippen LogP contribution in [0.4, 0.5) is 26.9 Å². The minimum atomic E-state index is -3.68. The number of hydrogen-bond donors (Lipinski definition) is 1. The van der Waals surface area contributed by atoms with E-state index in [-0.39, 0.29) is 49.2 Å². The molecular formula is C42H43FN4O7Si. The van der Waals surface area contributed by atoms with Crippen LogP contribution in [0.5, 0.6) is 0 Å². The second kappa shape index (κ2) is 13.8. The van der Waals surface area contributed by atoms with E-state index in [1.807, 2.05) is 72.8 Å². The summed E-state index contributed by atoms with van der Waals surface area (Å²) in [5.41, 5.74) is 3.08. The maximum absolute atomic E-state index is 16.6. The normalized spacial score (nSPS) is 24.6. The summed E-state index contributed by atoms with van der Waals surface area (Å²) < 4.78 is 23.4. The van der Waals surface area contributed by atoms with Gasteiger partial charge in [-0.25, -0.2) is 0 Å². The largest absolute Gasteiger partial charge is 0.394 e. The van der Waals surface area contributed by atoms with Crippen molar-refractivity contribution in [3.05, 3.63) is 129 Å². The van der Waals surface area contributed by atoms with E-state index in [9.17, 15) is 24.8 Å². The first kappa shape index (κ1) is 36.7. The Balaban J connectivity index is 1.15. The maximum atomic E-state index is 16.6. The number of benzene rings is 4. The number of fused-ring (bicyclic) bond motifs is 4. The number of amides is 3. The molecule has 0 bridgehead atoms. The molecule has 1 saturated heterocycles. The van der Waals surface area contributed by atoms with E-state index in [2.05, 4.69) is 0 Å². The summed E-state index contributed by atoms with van der Waals surface area (Å²) in [6, 6.07) is 26.6. The number of non-ortho nitro benzene ring substituents is 1. The molecule has 1 spiro atoms. The zero-order chi connectivity index (χ0) is 38.8. The highest BCUT2D eigenvalue weighted by Crippen LogP contribution is 2.61. The highest BCUT2D eigenvalue weighted by atomic mass is 28.4. The van der Waals surface area contributed by atoms with Gasteiger partial charge in [0.1, 0.15) is 0 Å². The number of para-hydroxylation sites is 1. The van der Waals surface area contributed by atoms with Gasteiger partial charge >= 0.3 is 0 Å². The van der Waals surface area contributed by atoms with E-state index in [1.165, 1.54) is 23.1 Å². The van der Waals surface area contributed by atoms with Crippen molar-refractivity contribution < 1.29 is 33.3 Å².